The number of esters is 1. The summed E-state index contributed by atoms with van der Waals surface area (Å²) in [7, 11) is 5.47. The highest BCUT2D eigenvalue weighted by Crippen LogP contribution is 1.99. The zero-order valence-electron chi connectivity index (χ0n) is 8.43. The van der Waals surface area contributed by atoms with Crippen LogP contribution in [0.1, 0.15) is 12.6 Å². The van der Waals surface area contributed by atoms with E-state index in [0.29, 0.717) is 11.3 Å². The van der Waals surface area contributed by atoms with Crippen LogP contribution in [0.15, 0.2) is 23.9 Å². The molecule has 1 rings (SSSR count). The number of hydrogen-bond acceptors (Lipinski definition) is 4. The Hall–Kier alpha value is -1.78. The Bertz CT molecular complexity index is 391. The van der Waals surface area contributed by atoms with Gasteiger partial charge in [0.2, 0.25) is 0 Å². The highest BCUT2D eigenvalue weighted by molar-refractivity contribution is 6.30. The minimum absolute atomic E-state index is 0.00921. The Morgan fingerprint density at radius 2 is 2.40 bits per heavy atom. The van der Waals surface area contributed by atoms with E-state index in [2.05, 4.69) is 4.98 Å². The molecule has 0 amide bonds. The molecule has 1 aromatic rings. The molecule has 2 radical (unpaired) electrons. The molecule has 0 bridgehead atoms. The van der Waals surface area contributed by atoms with Crippen molar-refractivity contribution in [1.29, 1.82) is 0 Å². The van der Waals surface area contributed by atoms with Gasteiger partial charge < -0.3 is 10.5 Å². The molecule has 4 nitrogen and oxygen atoms in total. The van der Waals surface area contributed by atoms with Crippen molar-refractivity contribution in [3.05, 3.63) is 29.6 Å². The zero-order valence-corrected chi connectivity index (χ0v) is 8.43. The molecule has 2 N–H and O–H groups in total. The number of carbonyl (C=O) groups excluding carboxylic acids is 1. The van der Waals surface area contributed by atoms with E-state index in [9.17, 15) is 4.79 Å². The lowest BCUT2D eigenvalue weighted by Gasteiger charge is -2.01. The van der Waals surface area contributed by atoms with Crippen LogP contribution >= 0.6 is 0 Å². The molecule has 0 aliphatic carbocycles. The van der Waals surface area contributed by atoms with Crippen molar-refractivity contribution in [2.45, 2.75) is 6.92 Å². The summed E-state index contributed by atoms with van der Waals surface area (Å²) in [6, 6.07) is 5.08. The molecule has 15 heavy (non-hydrogen) atoms. The van der Waals surface area contributed by atoms with Crippen LogP contribution in [0.5, 0.6) is 0 Å². The smallest absolute Gasteiger partial charge is 0.354 e. The second kappa shape index (κ2) is 5.19. The molecule has 1 heterocycles. The van der Waals surface area contributed by atoms with Crippen LogP contribution < -0.4 is 11.3 Å². The summed E-state index contributed by atoms with van der Waals surface area (Å²) in [6.07, 6.45) is 1.42. The first kappa shape index (κ1) is 11.3. The van der Waals surface area contributed by atoms with Crippen molar-refractivity contribution in [3.8, 4) is 0 Å². The Morgan fingerprint density at radius 1 is 1.67 bits per heavy atom. The monoisotopic (exact) mass is 202 g/mol. The number of hydrogen-bond donors (Lipinski definition) is 1. The van der Waals surface area contributed by atoms with E-state index >= 15 is 0 Å². The number of pyridine rings is 1. The molecule has 0 saturated carbocycles. The largest absolute Gasteiger partial charge is 0.461 e. The SMILES string of the molecule is [B]c1cccc(/C=C(\N)C(=O)OCC)n1. The Morgan fingerprint density at radius 3 is 3.00 bits per heavy atom. The van der Waals surface area contributed by atoms with Gasteiger partial charge in [0, 0.05) is 0 Å². The standard InChI is InChI=1S/C10H11BN2O2/c1-2-15-10(14)8(12)6-7-4-3-5-9(11)13-7/h3-6H,2,12H2,1H3/b8-6-. The molecule has 0 fully saturated rings. The number of ether oxygens (including phenoxy) is 1. The van der Waals surface area contributed by atoms with E-state index in [4.69, 9.17) is 18.3 Å². The van der Waals surface area contributed by atoms with Crippen LogP contribution in [0.2, 0.25) is 0 Å². The van der Waals surface area contributed by atoms with Gasteiger partial charge in [-0.25, -0.2) is 4.79 Å². The van der Waals surface area contributed by atoms with Gasteiger partial charge in [0.05, 0.1) is 12.3 Å². The van der Waals surface area contributed by atoms with Gasteiger partial charge in [-0.15, -0.1) is 0 Å². The Balaban J connectivity index is 2.82. The fourth-order valence-corrected chi connectivity index (χ4v) is 0.982. The number of carbonyl (C=O) groups is 1. The van der Waals surface area contributed by atoms with Gasteiger partial charge in [0.15, 0.2) is 0 Å². The summed E-state index contributed by atoms with van der Waals surface area (Å²) in [5.74, 6) is -0.554. The molecule has 0 aliphatic heterocycles. The van der Waals surface area contributed by atoms with Crippen LogP contribution in [0, 0.1) is 0 Å². The van der Waals surface area contributed by atoms with Gasteiger partial charge in [-0.1, -0.05) is 12.1 Å². The maximum atomic E-state index is 11.2. The van der Waals surface area contributed by atoms with E-state index in [1.165, 1.54) is 6.08 Å². The fraction of sp³-hybridized carbons (Fsp3) is 0.200. The summed E-state index contributed by atoms with van der Waals surface area (Å²) < 4.78 is 4.71. The number of nitrogens with two attached hydrogens (primary N) is 1. The second-order valence-corrected chi connectivity index (χ2v) is 2.81. The topological polar surface area (TPSA) is 65.2 Å². The first-order valence-corrected chi connectivity index (χ1v) is 4.50. The summed E-state index contributed by atoms with van der Waals surface area (Å²) in [5, 5.41) is 0. The summed E-state index contributed by atoms with van der Waals surface area (Å²) in [5.41, 5.74) is 6.40. The van der Waals surface area contributed by atoms with E-state index in [0.717, 1.165) is 0 Å². The first-order valence-electron chi connectivity index (χ1n) is 4.50. The normalized spacial score (nSPS) is 11.1. The average molecular weight is 202 g/mol. The third-order valence-corrected chi connectivity index (χ3v) is 1.61. The Kier molecular flexibility index (Phi) is 3.91. The zero-order chi connectivity index (χ0) is 11.3. The second-order valence-electron chi connectivity index (χ2n) is 2.81. The third kappa shape index (κ3) is 3.46. The molecule has 0 saturated heterocycles. The predicted octanol–water partition coefficient (Wildman–Crippen LogP) is -0.262. The summed E-state index contributed by atoms with van der Waals surface area (Å²) in [6.45, 7) is 2.00. The van der Waals surface area contributed by atoms with Crippen LogP contribution in [0.25, 0.3) is 6.08 Å². The van der Waals surface area contributed by atoms with Crippen molar-refractivity contribution in [3.63, 3.8) is 0 Å². The molecule has 1 aromatic heterocycles. The van der Waals surface area contributed by atoms with Gasteiger partial charge in [0.25, 0.3) is 0 Å². The van der Waals surface area contributed by atoms with E-state index < -0.39 is 5.97 Å². The summed E-state index contributed by atoms with van der Waals surface area (Å²) in [4.78, 5) is 15.1. The maximum Gasteiger partial charge on any atom is 0.354 e. The van der Waals surface area contributed by atoms with Gasteiger partial charge in [-0.05, 0) is 24.7 Å². The molecule has 5 heteroatoms. The lowest BCUT2D eigenvalue weighted by atomic mass is 10.0. The van der Waals surface area contributed by atoms with Crippen molar-refractivity contribution >= 4 is 25.5 Å². The molecule has 0 aromatic carbocycles. The molecule has 0 unspecified atom stereocenters. The van der Waals surface area contributed by atoms with Crippen molar-refractivity contribution in [2.24, 2.45) is 5.73 Å². The van der Waals surface area contributed by atoms with Gasteiger partial charge in [-0.2, -0.15) is 0 Å². The molecular weight excluding hydrogens is 191 g/mol. The van der Waals surface area contributed by atoms with Gasteiger partial charge in [0.1, 0.15) is 13.5 Å². The minimum atomic E-state index is -0.554. The fourth-order valence-electron chi connectivity index (χ4n) is 0.982. The van der Waals surface area contributed by atoms with Crippen LogP contribution in [0.4, 0.5) is 0 Å². The molecule has 0 atom stereocenters. The van der Waals surface area contributed by atoms with Crippen molar-refractivity contribution in [2.75, 3.05) is 6.61 Å². The van der Waals surface area contributed by atoms with Crippen LogP contribution in [-0.4, -0.2) is 25.4 Å². The number of rotatable bonds is 3. The summed E-state index contributed by atoms with van der Waals surface area (Å²) >= 11 is 0. The minimum Gasteiger partial charge on any atom is -0.461 e. The number of nitrogens with zero attached hydrogens (tertiary/aromatic N) is 1. The molecule has 0 aliphatic rings. The van der Waals surface area contributed by atoms with Crippen molar-refractivity contribution in [1.82, 2.24) is 4.98 Å². The molecular formula is C10H11BN2O2. The lowest BCUT2D eigenvalue weighted by Crippen LogP contribution is -2.15. The lowest BCUT2D eigenvalue weighted by molar-refractivity contribution is -0.138. The third-order valence-electron chi connectivity index (χ3n) is 1.61. The van der Waals surface area contributed by atoms with E-state index in [1.54, 1.807) is 25.1 Å². The van der Waals surface area contributed by atoms with Crippen molar-refractivity contribution < 1.29 is 9.53 Å². The van der Waals surface area contributed by atoms with Crippen LogP contribution in [-0.2, 0) is 9.53 Å². The van der Waals surface area contributed by atoms with Gasteiger partial charge >= 0.3 is 5.97 Å². The van der Waals surface area contributed by atoms with Crippen LogP contribution in [0.3, 0.4) is 0 Å². The highest BCUT2D eigenvalue weighted by atomic mass is 16.5. The average Bonchev–Trinajstić information content (AvgIpc) is 2.18. The van der Waals surface area contributed by atoms with E-state index in [-0.39, 0.29) is 12.3 Å². The predicted molar refractivity (Wildman–Crippen MR) is 58.4 cm³/mol. The molecule has 76 valence electrons. The first-order chi connectivity index (χ1) is 7.13. The Labute approximate surface area is 89.6 Å². The molecule has 0 spiro atoms. The van der Waals surface area contributed by atoms with E-state index in [1.807, 2.05) is 0 Å². The van der Waals surface area contributed by atoms with Gasteiger partial charge in [-0.3, -0.25) is 4.98 Å². The number of aromatic nitrogens is 1. The highest BCUT2D eigenvalue weighted by Gasteiger charge is 2.05. The quantitative estimate of drug-likeness (QED) is 0.416. The maximum absolute atomic E-state index is 11.2.